The number of hydrogen-bond donors (Lipinski definition) is 2. The summed E-state index contributed by atoms with van der Waals surface area (Å²) in [4.78, 5) is 10.6. The average molecular weight is 275 g/mol. The van der Waals surface area contributed by atoms with E-state index in [2.05, 4.69) is 20.2 Å². The molecule has 106 valence electrons. The van der Waals surface area contributed by atoms with Crippen molar-refractivity contribution < 1.29 is 4.39 Å². The lowest BCUT2D eigenvalue weighted by molar-refractivity contribution is 0.580. The molecule has 0 amide bonds. The van der Waals surface area contributed by atoms with E-state index in [1.54, 1.807) is 24.5 Å². The van der Waals surface area contributed by atoms with E-state index in [0.29, 0.717) is 5.69 Å². The lowest BCUT2D eigenvalue weighted by atomic mass is 10.3. The van der Waals surface area contributed by atoms with Gasteiger partial charge in [-0.15, -0.1) is 0 Å². The molecular weight excluding hydrogens is 257 g/mol. The van der Waals surface area contributed by atoms with E-state index in [4.69, 9.17) is 5.73 Å². The van der Waals surface area contributed by atoms with Gasteiger partial charge in [-0.2, -0.15) is 0 Å². The minimum Gasteiger partial charge on any atom is -0.399 e. The Balaban J connectivity index is 0.000000160. The summed E-state index contributed by atoms with van der Waals surface area (Å²) in [6.45, 7) is 4.06. The zero-order chi connectivity index (χ0) is 14.2. The Kier molecular flexibility index (Phi) is 5.25. The second-order valence-corrected chi connectivity index (χ2v) is 4.34. The zero-order valence-corrected chi connectivity index (χ0v) is 11.2. The molecule has 3 N–H and O–H groups in total. The van der Waals surface area contributed by atoms with Crippen LogP contribution in [0.2, 0.25) is 0 Å². The van der Waals surface area contributed by atoms with Crippen LogP contribution in [0, 0.1) is 5.82 Å². The summed E-state index contributed by atoms with van der Waals surface area (Å²) in [6, 6.07) is 7.69. The SMILES string of the molecule is Nc1cccc(F)c1.c1cnc(N2CCNCC2)nc1. The molecule has 3 rings (SSSR count). The Morgan fingerprint density at radius 3 is 2.35 bits per heavy atom. The van der Waals surface area contributed by atoms with Crippen LogP contribution in [0.5, 0.6) is 0 Å². The Bertz CT molecular complexity index is 497. The Hall–Kier alpha value is -2.21. The highest BCUT2D eigenvalue weighted by atomic mass is 19.1. The number of nitrogens with zero attached hydrogens (tertiary/aromatic N) is 3. The first-order valence-electron chi connectivity index (χ1n) is 6.49. The lowest BCUT2D eigenvalue weighted by Gasteiger charge is -2.26. The predicted octanol–water partition coefficient (Wildman–Crippen LogP) is 1.29. The van der Waals surface area contributed by atoms with Crippen LogP contribution in [0.4, 0.5) is 16.0 Å². The highest BCUT2D eigenvalue weighted by molar-refractivity contribution is 5.36. The van der Waals surface area contributed by atoms with Crippen molar-refractivity contribution in [2.75, 3.05) is 36.8 Å². The normalized spacial score (nSPS) is 14.3. The fraction of sp³-hybridized carbons (Fsp3) is 0.286. The van der Waals surface area contributed by atoms with E-state index >= 15 is 0 Å². The minimum absolute atomic E-state index is 0.287. The van der Waals surface area contributed by atoms with Gasteiger partial charge < -0.3 is 16.0 Å². The summed E-state index contributed by atoms with van der Waals surface area (Å²) in [5, 5.41) is 3.29. The Morgan fingerprint density at radius 1 is 1.10 bits per heavy atom. The molecule has 0 spiro atoms. The van der Waals surface area contributed by atoms with E-state index in [0.717, 1.165) is 32.1 Å². The molecule has 1 aromatic heterocycles. The van der Waals surface area contributed by atoms with Gasteiger partial charge in [-0.1, -0.05) is 6.07 Å². The second-order valence-electron chi connectivity index (χ2n) is 4.34. The minimum atomic E-state index is -0.287. The quantitative estimate of drug-likeness (QED) is 0.768. The molecule has 0 aliphatic carbocycles. The number of aromatic nitrogens is 2. The lowest BCUT2D eigenvalue weighted by Crippen LogP contribution is -2.44. The van der Waals surface area contributed by atoms with Crippen LogP contribution in [-0.4, -0.2) is 36.1 Å². The highest BCUT2D eigenvalue weighted by Gasteiger charge is 2.11. The van der Waals surface area contributed by atoms with Gasteiger partial charge in [0.1, 0.15) is 5.82 Å². The van der Waals surface area contributed by atoms with E-state index < -0.39 is 0 Å². The molecule has 2 heterocycles. The van der Waals surface area contributed by atoms with Crippen molar-refractivity contribution in [2.24, 2.45) is 0 Å². The van der Waals surface area contributed by atoms with Crippen LogP contribution in [0.3, 0.4) is 0 Å². The van der Waals surface area contributed by atoms with E-state index in [1.165, 1.54) is 12.1 Å². The molecule has 0 radical (unpaired) electrons. The topological polar surface area (TPSA) is 67.1 Å². The van der Waals surface area contributed by atoms with Gasteiger partial charge in [-0.3, -0.25) is 0 Å². The standard InChI is InChI=1S/C8H12N4.C6H6FN/c1-2-10-8(11-3-1)12-6-4-9-5-7-12;7-5-2-1-3-6(8)4-5/h1-3,9H,4-7H2;1-4H,8H2. The third kappa shape index (κ3) is 4.47. The molecule has 1 aromatic carbocycles. The van der Waals surface area contributed by atoms with Crippen molar-refractivity contribution in [1.82, 2.24) is 15.3 Å². The molecule has 6 heteroatoms. The van der Waals surface area contributed by atoms with E-state index in [1.807, 2.05) is 6.07 Å². The molecular formula is C14H18FN5. The maximum absolute atomic E-state index is 12.1. The van der Waals surface area contributed by atoms with Crippen molar-refractivity contribution in [3.63, 3.8) is 0 Å². The van der Waals surface area contributed by atoms with Gasteiger partial charge in [0.05, 0.1) is 0 Å². The number of nitrogens with one attached hydrogen (secondary N) is 1. The summed E-state index contributed by atoms with van der Waals surface area (Å²) in [5.74, 6) is 0.559. The van der Waals surface area contributed by atoms with Crippen LogP contribution in [0.1, 0.15) is 0 Å². The first kappa shape index (κ1) is 14.2. The third-order valence-electron chi connectivity index (χ3n) is 2.80. The second kappa shape index (κ2) is 7.40. The number of nitrogens with two attached hydrogens (primary N) is 1. The molecule has 5 nitrogen and oxygen atoms in total. The number of hydrogen-bond acceptors (Lipinski definition) is 5. The van der Waals surface area contributed by atoms with Crippen molar-refractivity contribution in [1.29, 1.82) is 0 Å². The van der Waals surface area contributed by atoms with Crippen molar-refractivity contribution in [3.8, 4) is 0 Å². The number of benzene rings is 1. The van der Waals surface area contributed by atoms with Gasteiger partial charge in [-0.25, -0.2) is 14.4 Å². The summed E-state index contributed by atoms with van der Waals surface area (Å²) in [6.07, 6.45) is 3.56. The maximum atomic E-state index is 12.1. The molecule has 0 saturated carbocycles. The van der Waals surface area contributed by atoms with Gasteiger partial charge in [0.15, 0.2) is 0 Å². The average Bonchev–Trinajstić information content (AvgIpc) is 2.49. The maximum Gasteiger partial charge on any atom is 0.225 e. The van der Waals surface area contributed by atoms with Gasteiger partial charge in [-0.05, 0) is 24.3 Å². The molecule has 1 aliphatic heterocycles. The first-order chi connectivity index (χ1) is 9.75. The van der Waals surface area contributed by atoms with E-state index in [-0.39, 0.29) is 5.82 Å². The van der Waals surface area contributed by atoms with Gasteiger partial charge >= 0.3 is 0 Å². The summed E-state index contributed by atoms with van der Waals surface area (Å²) < 4.78 is 12.1. The number of anilines is 2. The first-order valence-corrected chi connectivity index (χ1v) is 6.49. The molecule has 1 fully saturated rings. The molecule has 1 aliphatic rings. The largest absolute Gasteiger partial charge is 0.399 e. The Labute approximate surface area is 117 Å². The van der Waals surface area contributed by atoms with Gasteiger partial charge in [0.25, 0.3) is 0 Å². The summed E-state index contributed by atoms with van der Waals surface area (Å²) >= 11 is 0. The fourth-order valence-corrected chi connectivity index (χ4v) is 1.83. The zero-order valence-electron chi connectivity index (χ0n) is 11.2. The summed E-state index contributed by atoms with van der Waals surface area (Å²) in [5.41, 5.74) is 5.68. The molecule has 0 unspecified atom stereocenters. The Morgan fingerprint density at radius 2 is 1.80 bits per heavy atom. The van der Waals surface area contributed by atoms with Gasteiger partial charge in [0.2, 0.25) is 5.95 Å². The number of nitrogen functional groups attached to an aromatic ring is 1. The number of rotatable bonds is 1. The molecule has 0 atom stereocenters. The fourth-order valence-electron chi connectivity index (χ4n) is 1.83. The van der Waals surface area contributed by atoms with Crippen LogP contribution in [-0.2, 0) is 0 Å². The summed E-state index contributed by atoms with van der Waals surface area (Å²) in [7, 11) is 0. The van der Waals surface area contributed by atoms with Crippen molar-refractivity contribution >= 4 is 11.6 Å². The molecule has 20 heavy (non-hydrogen) atoms. The van der Waals surface area contributed by atoms with Crippen LogP contribution in [0.25, 0.3) is 0 Å². The third-order valence-corrected chi connectivity index (χ3v) is 2.80. The van der Waals surface area contributed by atoms with Crippen LogP contribution < -0.4 is 16.0 Å². The monoisotopic (exact) mass is 275 g/mol. The predicted molar refractivity (Wildman–Crippen MR) is 77.9 cm³/mol. The smallest absolute Gasteiger partial charge is 0.225 e. The van der Waals surface area contributed by atoms with Crippen LogP contribution >= 0.6 is 0 Å². The number of piperazine rings is 1. The van der Waals surface area contributed by atoms with E-state index in [9.17, 15) is 4.39 Å². The van der Waals surface area contributed by atoms with Gasteiger partial charge in [0, 0.05) is 44.3 Å². The molecule has 0 bridgehead atoms. The highest BCUT2D eigenvalue weighted by Crippen LogP contribution is 2.04. The molecule has 2 aromatic rings. The van der Waals surface area contributed by atoms with Crippen molar-refractivity contribution in [3.05, 3.63) is 48.5 Å². The van der Waals surface area contributed by atoms with Crippen molar-refractivity contribution in [2.45, 2.75) is 0 Å². The molecule has 1 saturated heterocycles. The van der Waals surface area contributed by atoms with Crippen LogP contribution in [0.15, 0.2) is 42.7 Å². The number of halogens is 1.